The molecule has 0 aliphatic carbocycles. The van der Waals surface area contributed by atoms with Crippen LogP contribution in [0.3, 0.4) is 0 Å². The highest BCUT2D eigenvalue weighted by Gasteiger charge is 2.39. The monoisotopic (exact) mass is 307 g/mol. The minimum Gasteiger partial charge on any atom is -0.479 e. The first-order valence-corrected chi connectivity index (χ1v) is 7.00. The van der Waals surface area contributed by atoms with Crippen molar-refractivity contribution in [3.63, 3.8) is 0 Å². The third-order valence-corrected chi connectivity index (χ3v) is 3.31. The van der Waals surface area contributed by atoms with E-state index in [4.69, 9.17) is 14.7 Å². The Labute approximate surface area is 129 Å². The van der Waals surface area contributed by atoms with Gasteiger partial charge in [0.15, 0.2) is 0 Å². The van der Waals surface area contributed by atoms with Crippen molar-refractivity contribution in [3.8, 4) is 0 Å². The minimum atomic E-state index is -1.13. The van der Waals surface area contributed by atoms with Gasteiger partial charge in [-0.05, 0) is 32.8 Å². The van der Waals surface area contributed by atoms with Gasteiger partial charge in [-0.2, -0.15) is 0 Å². The van der Waals surface area contributed by atoms with Crippen LogP contribution in [0.1, 0.15) is 26.3 Å². The molecular weight excluding hydrogens is 286 g/mol. The number of hydrogen-bond donors (Lipinski definition) is 1. The summed E-state index contributed by atoms with van der Waals surface area (Å²) in [5, 5.41) is 12.3. The summed E-state index contributed by atoms with van der Waals surface area (Å²) in [5.41, 5.74) is 0.303. The molecule has 0 aliphatic heterocycles. The van der Waals surface area contributed by atoms with Gasteiger partial charge in [-0.25, -0.2) is 4.79 Å². The van der Waals surface area contributed by atoms with E-state index in [1.165, 1.54) is 0 Å². The number of benzene rings is 1. The average molecular weight is 307 g/mol. The molecule has 0 saturated carbocycles. The second-order valence-electron chi connectivity index (χ2n) is 5.06. The van der Waals surface area contributed by atoms with E-state index in [-0.39, 0.29) is 6.61 Å². The summed E-state index contributed by atoms with van der Waals surface area (Å²) in [6.45, 7) is 4.77. The molecule has 1 aromatic carbocycles. The maximum absolute atomic E-state index is 12.3. The molecule has 0 fully saturated rings. The number of carbonyl (C=O) groups is 2. The van der Waals surface area contributed by atoms with Gasteiger partial charge in [0, 0.05) is 0 Å². The number of esters is 1. The van der Waals surface area contributed by atoms with E-state index >= 15 is 0 Å². The number of oxime groups is 1. The number of carboxylic acids is 1. The summed E-state index contributed by atoms with van der Waals surface area (Å²) in [6.07, 6.45) is 0.387. The molecule has 0 aromatic heterocycles. The lowest BCUT2D eigenvalue weighted by Crippen LogP contribution is -2.39. The SMILES string of the molecule is CCOC(=O)C(C)(Cc1ccccc1)C(C)=NOCC(=O)O. The first-order valence-electron chi connectivity index (χ1n) is 7.00. The Morgan fingerprint density at radius 3 is 2.45 bits per heavy atom. The standard InChI is InChI=1S/C16H21NO5/c1-4-21-15(20)16(3,10-13-8-6-5-7-9-13)12(2)17-22-11-14(18)19/h5-9H,4,10-11H2,1-3H3,(H,18,19). The summed E-state index contributed by atoms with van der Waals surface area (Å²) >= 11 is 0. The number of carbonyl (C=O) groups excluding carboxylic acids is 1. The highest BCUT2D eigenvalue weighted by Crippen LogP contribution is 2.27. The van der Waals surface area contributed by atoms with E-state index in [1.54, 1.807) is 20.8 Å². The van der Waals surface area contributed by atoms with Crippen LogP contribution in [-0.2, 0) is 25.6 Å². The van der Waals surface area contributed by atoms with Crippen molar-refractivity contribution in [1.82, 2.24) is 0 Å². The summed E-state index contributed by atoms with van der Waals surface area (Å²) < 4.78 is 5.14. The number of rotatable bonds is 8. The molecule has 0 aliphatic rings. The lowest BCUT2D eigenvalue weighted by atomic mass is 9.79. The Morgan fingerprint density at radius 1 is 1.27 bits per heavy atom. The maximum Gasteiger partial charge on any atom is 0.344 e. The molecule has 0 bridgehead atoms. The smallest absolute Gasteiger partial charge is 0.344 e. The molecule has 0 radical (unpaired) electrons. The topological polar surface area (TPSA) is 85.2 Å². The Morgan fingerprint density at radius 2 is 1.91 bits per heavy atom. The van der Waals surface area contributed by atoms with Crippen LogP contribution in [0.25, 0.3) is 0 Å². The number of ether oxygens (including phenoxy) is 1. The molecule has 6 nitrogen and oxygen atoms in total. The van der Waals surface area contributed by atoms with Crippen LogP contribution in [0.4, 0.5) is 0 Å². The molecule has 0 saturated heterocycles. The van der Waals surface area contributed by atoms with Crippen LogP contribution in [0.2, 0.25) is 0 Å². The van der Waals surface area contributed by atoms with Crippen LogP contribution in [0.5, 0.6) is 0 Å². The Bertz CT molecular complexity index is 541. The van der Waals surface area contributed by atoms with Crippen LogP contribution in [0, 0.1) is 5.41 Å². The molecule has 0 amide bonds. The van der Waals surface area contributed by atoms with E-state index < -0.39 is 24.0 Å². The van der Waals surface area contributed by atoms with Gasteiger partial charge in [0.2, 0.25) is 6.61 Å². The van der Waals surface area contributed by atoms with Gasteiger partial charge in [0.05, 0.1) is 12.3 Å². The molecule has 0 spiro atoms. The summed E-state index contributed by atoms with van der Waals surface area (Å²) in [4.78, 5) is 27.6. The molecule has 1 unspecified atom stereocenters. The highest BCUT2D eigenvalue weighted by atomic mass is 16.6. The molecule has 22 heavy (non-hydrogen) atoms. The number of aliphatic carboxylic acids is 1. The summed E-state index contributed by atoms with van der Waals surface area (Å²) in [6, 6.07) is 9.47. The fourth-order valence-corrected chi connectivity index (χ4v) is 1.93. The van der Waals surface area contributed by atoms with E-state index in [2.05, 4.69) is 5.16 Å². The zero-order chi connectivity index (χ0) is 16.6. The zero-order valence-corrected chi connectivity index (χ0v) is 13.0. The van der Waals surface area contributed by atoms with Crippen molar-refractivity contribution < 1.29 is 24.3 Å². The Kier molecular flexibility index (Phi) is 6.56. The molecule has 1 N–H and O–H groups in total. The predicted molar refractivity (Wildman–Crippen MR) is 81.6 cm³/mol. The van der Waals surface area contributed by atoms with Gasteiger partial charge in [-0.15, -0.1) is 0 Å². The predicted octanol–water partition coefficient (Wildman–Crippen LogP) is 2.28. The van der Waals surface area contributed by atoms with Crippen molar-refractivity contribution in [2.75, 3.05) is 13.2 Å². The van der Waals surface area contributed by atoms with Crippen LogP contribution < -0.4 is 0 Å². The van der Waals surface area contributed by atoms with E-state index in [0.29, 0.717) is 12.1 Å². The fraction of sp³-hybridized carbons (Fsp3) is 0.438. The zero-order valence-electron chi connectivity index (χ0n) is 13.0. The van der Waals surface area contributed by atoms with Crippen molar-refractivity contribution in [2.24, 2.45) is 10.6 Å². The lowest BCUT2D eigenvalue weighted by molar-refractivity contribution is -0.150. The first kappa shape index (κ1) is 17.7. The van der Waals surface area contributed by atoms with E-state index in [1.807, 2.05) is 30.3 Å². The molecule has 0 heterocycles. The third-order valence-electron chi connectivity index (χ3n) is 3.31. The van der Waals surface area contributed by atoms with Gasteiger partial charge in [-0.3, -0.25) is 4.79 Å². The van der Waals surface area contributed by atoms with Crippen molar-refractivity contribution in [3.05, 3.63) is 35.9 Å². The normalized spacial score (nSPS) is 14.0. The van der Waals surface area contributed by atoms with Crippen LogP contribution in [0.15, 0.2) is 35.5 Å². The molecule has 1 aromatic rings. The van der Waals surface area contributed by atoms with Gasteiger partial charge >= 0.3 is 11.9 Å². The summed E-state index contributed by atoms with van der Waals surface area (Å²) in [7, 11) is 0. The Hall–Kier alpha value is -2.37. The quantitative estimate of drug-likeness (QED) is 0.452. The fourth-order valence-electron chi connectivity index (χ4n) is 1.93. The first-order chi connectivity index (χ1) is 10.4. The number of carboxylic acid groups (broad SMARTS) is 1. The second-order valence-corrected chi connectivity index (χ2v) is 5.06. The molecule has 1 rings (SSSR count). The largest absolute Gasteiger partial charge is 0.479 e. The Balaban J connectivity index is 3.00. The van der Waals surface area contributed by atoms with Gasteiger partial charge < -0.3 is 14.7 Å². The lowest BCUT2D eigenvalue weighted by Gasteiger charge is -2.26. The molecule has 6 heteroatoms. The summed E-state index contributed by atoms with van der Waals surface area (Å²) in [5.74, 6) is -1.54. The minimum absolute atomic E-state index is 0.256. The molecule has 1 atom stereocenters. The second kappa shape index (κ2) is 8.17. The molecular formula is C16H21NO5. The highest BCUT2D eigenvalue weighted by molar-refractivity contribution is 6.05. The van der Waals surface area contributed by atoms with E-state index in [0.717, 1.165) is 5.56 Å². The van der Waals surface area contributed by atoms with Crippen molar-refractivity contribution >= 4 is 17.7 Å². The van der Waals surface area contributed by atoms with Crippen molar-refractivity contribution in [1.29, 1.82) is 0 Å². The van der Waals surface area contributed by atoms with Crippen molar-refractivity contribution in [2.45, 2.75) is 27.2 Å². The maximum atomic E-state index is 12.3. The van der Waals surface area contributed by atoms with Gasteiger partial charge in [0.1, 0.15) is 5.41 Å². The number of nitrogens with zero attached hydrogens (tertiary/aromatic N) is 1. The van der Waals surface area contributed by atoms with E-state index in [9.17, 15) is 9.59 Å². The van der Waals surface area contributed by atoms with Gasteiger partial charge in [-0.1, -0.05) is 35.5 Å². The van der Waals surface area contributed by atoms with Crippen LogP contribution in [-0.4, -0.2) is 36.0 Å². The third kappa shape index (κ3) is 4.87. The van der Waals surface area contributed by atoms with Gasteiger partial charge in [0.25, 0.3) is 0 Å². The molecule has 120 valence electrons. The van der Waals surface area contributed by atoms with Crippen LogP contribution >= 0.6 is 0 Å². The average Bonchev–Trinajstić information content (AvgIpc) is 2.47. The number of hydrogen-bond acceptors (Lipinski definition) is 5.